The lowest BCUT2D eigenvalue weighted by molar-refractivity contribution is 0.670. The Hall–Kier alpha value is -7.83. The van der Waals surface area contributed by atoms with Gasteiger partial charge in [-0.1, -0.05) is 146 Å². The summed E-state index contributed by atoms with van der Waals surface area (Å²) in [6.07, 6.45) is 0. The van der Waals surface area contributed by atoms with Crippen molar-refractivity contribution in [3.63, 3.8) is 0 Å². The minimum absolute atomic E-state index is 0.519. The zero-order chi connectivity index (χ0) is 37.5. The van der Waals surface area contributed by atoms with Crippen molar-refractivity contribution in [2.75, 3.05) is 0 Å². The monoisotopic (exact) mass is 729 g/mol. The molecule has 0 radical (unpaired) electrons. The Kier molecular flexibility index (Phi) is 6.83. The SMILES string of the molecule is c1ccc(-c2ccc(-c3nc(-c4cccc5c4c4ccccc4n5-c4ccccc4)nc(-n4c5ccccc5c5ccc6c7ccccc7oc6c54)n3)cc2)cc1. The Labute approximate surface area is 326 Å². The van der Waals surface area contributed by atoms with Gasteiger partial charge in [-0.25, -0.2) is 4.98 Å². The van der Waals surface area contributed by atoms with Crippen molar-refractivity contribution in [2.45, 2.75) is 0 Å². The van der Waals surface area contributed by atoms with Crippen LogP contribution >= 0.6 is 0 Å². The van der Waals surface area contributed by atoms with Crippen molar-refractivity contribution >= 4 is 65.6 Å². The summed E-state index contributed by atoms with van der Waals surface area (Å²) in [5.41, 5.74) is 11.0. The van der Waals surface area contributed by atoms with E-state index in [1.165, 1.54) is 0 Å². The Bertz CT molecular complexity index is 3510. The summed E-state index contributed by atoms with van der Waals surface area (Å²) in [6, 6.07) is 65.4. The van der Waals surface area contributed by atoms with Crippen molar-refractivity contribution < 1.29 is 4.42 Å². The van der Waals surface area contributed by atoms with E-state index in [9.17, 15) is 0 Å². The van der Waals surface area contributed by atoms with Gasteiger partial charge >= 0.3 is 0 Å². The van der Waals surface area contributed by atoms with Gasteiger partial charge in [-0.15, -0.1) is 0 Å². The number of benzene rings is 8. The average Bonchev–Trinajstić information content (AvgIpc) is 3.95. The molecule has 0 aliphatic carbocycles. The summed E-state index contributed by atoms with van der Waals surface area (Å²) in [5.74, 6) is 1.69. The predicted molar refractivity (Wildman–Crippen MR) is 232 cm³/mol. The van der Waals surface area contributed by atoms with Crippen LogP contribution in [-0.4, -0.2) is 24.1 Å². The lowest BCUT2D eigenvalue weighted by atomic mass is 10.0. The maximum Gasteiger partial charge on any atom is 0.238 e. The number of rotatable bonds is 5. The van der Waals surface area contributed by atoms with Crippen LogP contribution in [-0.2, 0) is 0 Å². The molecule has 0 aliphatic rings. The van der Waals surface area contributed by atoms with Crippen LogP contribution in [0.15, 0.2) is 192 Å². The third-order valence-electron chi connectivity index (χ3n) is 11.2. The first-order valence-electron chi connectivity index (χ1n) is 19.1. The van der Waals surface area contributed by atoms with Gasteiger partial charge in [0.1, 0.15) is 11.1 Å². The number of hydrogen-bond acceptors (Lipinski definition) is 4. The van der Waals surface area contributed by atoms with Gasteiger partial charge in [-0.05, 0) is 53.6 Å². The second-order valence-corrected chi connectivity index (χ2v) is 14.4. The summed E-state index contributed by atoms with van der Waals surface area (Å²) in [4.78, 5) is 16.1. The number of hydrogen-bond donors (Lipinski definition) is 0. The van der Waals surface area contributed by atoms with Gasteiger partial charge < -0.3 is 8.98 Å². The number of furan rings is 1. The van der Waals surface area contributed by atoms with Gasteiger partial charge in [0, 0.05) is 49.1 Å². The van der Waals surface area contributed by atoms with E-state index < -0.39 is 0 Å². The van der Waals surface area contributed by atoms with E-state index in [0.717, 1.165) is 93.5 Å². The highest BCUT2D eigenvalue weighted by atomic mass is 16.3. The highest BCUT2D eigenvalue weighted by molar-refractivity contribution is 6.21. The van der Waals surface area contributed by atoms with E-state index >= 15 is 0 Å². The number of nitrogens with zero attached hydrogens (tertiary/aromatic N) is 5. The molecule has 0 fully saturated rings. The Balaban J connectivity index is 1.17. The number of aromatic nitrogens is 5. The summed E-state index contributed by atoms with van der Waals surface area (Å²) in [5, 5.41) is 6.50. The van der Waals surface area contributed by atoms with Crippen LogP contribution in [0.4, 0.5) is 0 Å². The molecule has 6 nitrogen and oxygen atoms in total. The Morgan fingerprint density at radius 1 is 0.368 bits per heavy atom. The topological polar surface area (TPSA) is 61.7 Å². The van der Waals surface area contributed by atoms with Crippen molar-refractivity contribution in [1.29, 1.82) is 0 Å². The van der Waals surface area contributed by atoms with E-state index in [2.05, 4.69) is 179 Å². The van der Waals surface area contributed by atoms with Gasteiger partial charge in [-0.3, -0.25) is 4.57 Å². The van der Waals surface area contributed by atoms with Crippen molar-refractivity contribution in [3.05, 3.63) is 188 Å². The average molecular weight is 730 g/mol. The molecular weight excluding hydrogens is 699 g/mol. The normalized spacial score (nSPS) is 11.9. The molecule has 0 unspecified atom stereocenters. The van der Waals surface area contributed by atoms with Gasteiger partial charge in [0.15, 0.2) is 17.2 Å². The smallest absolute Gasteiger partial charge is 0.238 e. The Morgan fingerprint density at radius 2 is 0.965 bits per heavy atom. The largest absolute Gasteiger partial charge is 0.454 e. The lowest BCUT2D eigenvalue weighted by Gasteiger charge is -2.12. The van der Waals surface area contributed by atoms with E-state index in [1.54, 1.807) is 0 Å². The molecule has 4 heterocycles. The zero-order valence-corrected chi connectivity index (χ0v) is 30.5. The molecule has 266 valence electrons. The number of para-hydroxylation sites is 4. The molecule has 0 atom stereocenters. The summed E-state index contributed by atoms with van der Waals surface area (Å²) < 4.78 is 11.2. The van der Waals surface area contributed by atoms with Crippen molar-refractivity contribution in [1.82, 2.24) is 24.1 Å². The first-order valence-corrected chi connectivity index (χ1v) is 19.1. The maximum absolute atomic E-state index is 6.70. The van der Waals surface area contributed by atoms with E-state index in [-0.39, 0.29) is 0 Å². The summed E-state index contributed by atoms with van der Waals surface area (Å²) >= 11 is 0. The first-order chi connectivity index (χ1) is 28.3. The fourth-order valence-corrected chi connectivity index (χ4v) is 8.66. The molecule has 57 heavy (non-hydrogen) atoms. The molecule has 12 aromatic rings. The number of fused-ring (bicyclic) bond motifs is 10. The first kappa shape index (κ1) is 31.5. The molecule has 0 saturated heterocycles. The van der Waals surface area contributed by atoms with Gasteiger partial charge in [0.25, 0.3) is 0 Å². The maximum atomic E-state index is 6.70. The minimum atomic E-state index is 0.519. The quantitative estimate of drug-likeness (QED) is 0.177. The van der Waals surface area contributed by atoms with Crippen LogP contribution in [0.1, 0.15) is 0 Å². The second kappa shape index (κ2) is 12.3. The van der Waals surface area contributed by atoms with E-state index in [0.29, 0.717) is 17.6 Å². The lowest BCUT2D eigenvalue weighted by Crippen LogP contribution is -2.06. The second-order valence-electron chi connectivity index (χ2n) is 14.4. The molecule has 0 bridgehead atoms. The van der Waals surface area contributed by atoms with Crippen molar-refractivity contribution in [3.8, 4) is 45.5 Å². The zero-order valence-electron chi connectivity index (χ0n) is 30.5. The molecule has 12 rings (SSSR count). The molecule has 8 aromatic carbocycles. The molecule has 0 N–H and O–H groups in total. The van der Waals surface area contributed by atoms with E-state index in [1.807, 2.05) is 18.2 Å². The highest BCUT2D eigenvalue weighted by Crippen LogP contribution is 2.42. The van der Waals surface area contributed by atoms with Crippen LogP contribution in [0.2, 0.25) is 0 Å². The summed E-state index contributed by atoms with van der Waals surface area (Å²) in [6.45, 7) is 0. The van der Waals surface area contributed by atoms with Gasteiger partial charge in [0.05, 0.1) is 16.6 Å². The third-order valence-corrected chi connectivity index (χ3v) is 11.2. The predicted octanol–water partition coefficient (Wildman–Crippen LogP) is 13.0. The highest BCUT2D eigenvalue weighted by Gasteiger charge is 2.24. The molecular formula is C51H31N5O. The Morgan fingerprint density at radius 3 is 1.77 bits per heavy atom. The molecule has 0 amide bonds. The molecule has 0 saturated carbocycles. The summed E-state index contributed by atoms with van der Waals surface area (Å²) in [7, 11) is 0. The fourth-order valence-electron chi connectivity index (χ4n) is 8.66. The molecule has 4 aromatic heterocycles. The molecule has 0 spiro atoms. The molecule has 6 heteroatoms. The van der Waals surface area contributed by atoms with E-state index in [4.69, 9.17) is 19.4 Å². The van der Waals surface area contributed by atoms with Crippen LogP contribution in [0.5, 0.6) is 0 Å². The van der Waals surface area contributed by atoms with Crippen LogP contribution in [0.3, 0.4) is 0 Å². The fraction of sp³-hybridized carbons (Fsp3) is 0. The van der Waals surface area contributed by atoms with Crippen LogP contribution < -0.4 is 0 Å². The van der Waals surface area contributed by atoms with Crippen LogP contribution in [0.25, 0.3) is 111 Å². The molecule has 0 aliphatic heterocycles. The minimum Gasteiger partial charge on any atom is -0.454 e. The van der Waals surface area contributed by atoms with Gasteiger partial charge in [0.2, 0.25) is 5.95 Å². The van der Waals surface area contributed by atoms with Gasteiger partial charge in [-0.2, -0.15) is 9.97 Å². The van der Waals surface area contributed by atoms with Crippen molar-refractivity contribution in [2.24, 2.45) is 0 Å². The third kappa shape index (κ3) is 4.81. The van der Waals surface area contributed by atoms with Crippen LogP contribution in [0, 0.1) is 0 Å². The standard InChI is InChI=1S/C51H31N5O/c1-3-14-32(15-4-1)33-26-28-34(29-27-33)49-52-50(41-21-13-24-44-46(41)40-20-8-11-23-43(40)55(44)35-16-5-2-6-17-35)54-51(53-49)56-42-22-10-7-18-36(42)38-30-31-39-37-19-9-12-25-45(37)57-48(39)47(38)56/h1-31H.